The van der Waals surface area contributed by atoms with E-state index in [0.29, 0.717) is 6.54 Å². The highest BCUT2D eigenvalue weighted by Gasteiger charge is 2.21. The summed E-state index contributed by atoms with van der Waals surface area (Å²) in [4.78, 5) is 3.22. The van der Waals surface area contributed by atoms with E-state index in [-0.39, 0.29) is 18.7 Å². The van der Waals surface area contributed by atoms with Crippen LogP contribution in [0.25, 0.3) is 0 Å². The highest BCUT2D eigenvalue weighted by atomic mass is 35.5. The Labute approximate surface area is 99.5 Å². The first kappa shape index (κ1) is 12.9. The molecule has 0 bridgehead atoms. The normalized spacial score (nSPS) is 15.6. The molecule has 1 aromatic heterocycles. The molecule has 2 unspecified atom stereocenters. The van der Waals surface area contributed by atoms with E-state index < -0.39 is 0 Å². The minimum Gasteiger partial charge on any atom is -0.395 e. The minimum atomic E-state index is 0.0967. The highest BCUT2D eigenvalue weighted by molar-refractivity contribution is 7.16. The van der Waals surface area contributed by atoms with Crippen LogP contribution >= 0.6 is 22.9 Å². The third-order valence-corrected chi connectivity index (χ3v) is 3.93. The van der Waals surface area contributed by atoms with E-state index in [0.717, 1.165) is 9.21 Å². The summed E-state index contributed by atoms with van der Waals surface area (Å²) in [7, 11) is 1.96. The van der Waals surface area contributed by atoms with E-state index in [1.165, 1.54) is 11.3 Å². The molecule has 1 rings (SSSR count). The molecule has 0 aliphatic rings. The first-order valence-electron chi connectivity index (χ1n) is 4.88. The van der Waals surface area contributed by atoms with Gasteiger partial charge < -0.3 is 10.8 Å². The molecule has 0 amide bonds. The summed E-state index contributed by atoms with van der Waals surface area (Å²) >= 11 is 7.43. The second-order valence-corrected chi connectivity index (χ2v) is 5.34. The maximum atomic E-state index is 9.10. The molecule has 86 valence electrons. The van der Waals surface area contributed by atoms with E-state index in [1.807, 2.05) is 26.1 Å². The van der Waals surface area contributed by atoms with Gasteiger partial charge in [0.25, 0.3) is 0 Å². The van der Waals surface area contributed by atoms with E-state index in [2.05, 4.69) is 4.90 Å². The van der Waals surface area contributed by atoms with Crippen molar-refractivity contribution in [3.05, 3.63) is 21.3 Å². The maximum Gasteiger partial charge on any atom is 0.0931 e. The molecular weight excluding hydrogens is 232 g/mol. The fourth-order valence-electron chi connectivity index (χ4n) is 1.43. The zero-order valence-electron chi connectivity index (χ0n) is 8.98. The molecule has 1 heterocycles. The van der Waals surface area contributed by atoms with Crippen LogP contribution in [0.2, 0.25) is 4.34 Å². The number of rotatable bonds is 5. The van der Waals surface area contributed by atoms with Gasteiger partial charge in [0.05, 0.1) is 17.0 Å². The van der Waals surface area contributed by atoms with Crippen molar-refractivity contribution in [1.82, 2.24) is 4.90 Å². The van der Waals surface area contributed by atoms with E-state index in [9.17, 15) is 0 Å². The molecule has 0 saturated heterocycles. The topological polar surface area (TPSA) is 49.5 Å². The van der Waals surface area contributed by atoms with Crippen LogP contribution in [-0.4, -0.2) is 36.2 Å². The van der Waals surface area contributed by atoms with Crippen LogP contribution in [0.5, 0.6) is 0 Å². The Hall–Kier alpha value is -0.130. The minimum absolute atomic E-state index is 0.0967. The molecule has 2 atom stereocenters. The van der Waals surface area contributed by atoms with Gasteiger partial charge in [-0.15, -0.1) is 11.3 Å². The molecule has 0 radical (unpaired) electrons. The molecule has 15 heavy (non-hydrogen) atoms. The zero-order valence-corrected chi connectivity index (χ0v) is 10.6. The average Bonchev–Trinajstić information content (AvgIpc) is 2.64. The third-order valence-electron chi connectivity index (χ3n) is 2.60. The summed E-state index contributed by atoms with van der Waals surface area (Å²) in [5, 5.41) is 9.10. The van der Waals surface area contributed by atoms with E-state index in [4.69, 9.17) is 22.4 Å². The van der Waals surface area contributed by atoms with Crippen LogP contribution in [0.1, 0.15) is 17.8 Å². The van der Waals surface area contributed by atoms with Gasteiger partial charge in [-0.25, -0.2) is 0 Å². The number of halogens is 1. The lowest BCUT2D eigenvalue weighted by molar-refractivity contribution is 0.124. The van der Waals surface area contributed by atoms with Crippen molar-refractivity contribution >= 4 is 22.9 Å². The zero-order chi connectivity index (χ0) is 11.4. The molecule has 0 aromatic carbocycles. The van der Waals surface area contributed by atoms with Crippen molar-refractivity contribution in [3.63, 3.8) is 0 Å². The predicted molar refractivity (Wildman–Crippen MR) is 65.4 cm³/mol. The molecule has 0 aliphatic heterocycles. The first-order chi connectivity index (χ1) is 7.10. The average molecular weight is 249 g/mol. The fourth-order valence-corrected chi connectivity index (χ4v) is 2.65. The Morgan fingerprint density at radius 1 is 1.60 bits per heavy atom. The van der Waals surface area contributed by atoms with Crippen LogP contribution in [-0.2, 0) is 0 Å². The van der Waals surface area contributed by atoms with Gasteiger partial charge >= 0.3 is 0 Å². The molecule has 0 aliphatic carbocycles. The van der Waals surface area contributed by atoms with Crippen LogP contribution < -0.4 is 5.73 Å². The van der Waals surface area contributed by atoms with Crippen LogP contribution in [0.3, 0.4) is 0 Å². The molecule has 5 heteroatoms. The number of nitrogens with two attached hydrogens (primary N) is 1. The number of likely N-dealkylation sites (N-methyl/N-ethyl adjacent to an activating group) is 1. The molecule has 3 N–H and O–H groups in total. The summed E-state index contributed by atoms with van der Waals surface area (Å²) in [6, 6.07) is 4.09. The van der Waals surface area contributed by atoms with Crippen molar-refractivity contribution in [2.75, 3.05) is 20.2 Å². The molecule has 0 spiro atoms. The molecule has 3 nitrogen and oxygen atoms in total. The van der Waals surface area contributed by atoms with Gasteiger partial charge in [-0.1, -0.05) is 11.6 Å². The van der Waals surface area contributed by atoms with Gasteiger partial charge in [-0.2, -0.15) is 0 Å². The summed E-state index contributed by atoms with van der Waals surface area (Å²) < 4.78 is 0.772. The third kappa shape index (κ3) is 3.16. The lowest BCUT2D eigenvalue weighted by atomic mass is 10.1. The summed E-state index contributed by atoms with van der Waals surface area (Å²) in [6.45, 7) is 2.63. The number of nitrogens with zero attached hydrogens (tertiary/aromatic N) is 1. The first-order valence-corrected chi connectivity index (χ1v) is 6.07. The summed E-state index contributed by atoms with van der Waals surface area (Å²) in [6.07, 6.45) is 0. The van der Waals surface area contributed by atoms with E-state index >= 15 is 0 Å². The largest absolute Gasteiger partial charge is 0.395 e. The monoisotopic (exact) mass is 248 g/mol. The predicted octanol–water partition coefficient (Wildman–Crippen LogP) is 1.71. The number of hydrogen-bond donors (Lipinski definition) is 2. The second kappa shape index (κ2) is 5.82. The molecular formula is C10H17ClN2OS. The number of hydrogen-bond acceptors (Lipinski definition) is 4. The molecule has 0 fully saturated rings. The Bertz CT molecular complexity index is 305. The van der Waals surface area contributed by atoms with Crippen LogP contribution in [0.15, 0.2) is 12.1 Å². The summed E-state index contributed by atoms with van der Waals surface area (Å²) in [5.41, 5.74) is 5.75. The highest BCUT2D eigenvalue weighted by Crippen LogP contribution is 2.30. The Morgan fingerprint density at radius 2 is 2.27 bits per heavy atom. The van der Waals surface area contributed by atoms with Gasteiger partial charge in [0, 0.05) is 17.5 Å². The fraction of sp³-hybridized carbons (Fsp3) is 0.600. The lowest BCUT2D eigenvalue weighted by Crippen LogP contribution is -2.38. The summed E-state index contributed by atoms with van der Waals surface area (Å²) in [5.74, 6) is 0. The van der Waals surface area contributed by atoms with Crippen molar-refractivity contribution in [3.8, 4) is 0 Å². The second-order valence-electron chi connectivity index (χ2n) is 3.59. The van der Waals surface area contributed by atoms with Crippen molar-refractivity contribution < 1.29 is 5.11 Å². The van der Waals surface area contributed by atoms with Crippen molar-refractivity contribution in [1.29, 1.82) is 0 Å². The van der Waals surface area contributed by atoms with Crippen molar-refractivity contribution in [2.45, 2.75) is 19.0 Å². The maximum absolute atomic E-state index is 9.10. The van der Waals surface area contributed by atoms with E-state index in [1.54, 1.807) is 0 Å². The Balaban J connectivity index is 2.79. The Morgan fingerprint density at radius 3 is 2.67 bits per heavy atom. The van der Waals surface area contributed by atoms with Gasteiger partial charge in [-0.3, -0.25) is 4.90 Å². The van der Waals surface area contributed by atoms with Gasteiger partial charge in [0.15, 0.2) is 0 Å². The van der Waals surface area contributed by atoms with Gasteiger partial charge in [0.2, 0.25) is 0 Å². The van der Waals surface area contributed by atoms with Gasteiger partial charge in [-0.05, 0) is 26.1 Å². The van der Waals surface area contributed by atoms with Crippen LogP contribution in [0.4, 0.5) is 0 Å². The standard InChI is InChI=1S/C10H17ClN2OS/c1-7(6-14)13(2)8(5-12)9-3-4-10(11)15-9/h3-4,7-8,14H,5-6,12H2,1-2H3. The van der Waals surface area contributed by atoms with Crippen molar-refractivity contribution in [2.24, 2.45) is 5.73 Å². The number of thiophene rings is 1. The van der Waals surface area contributed by atoms with Gasteiger partial charge in [0.1, 0.15) is 0 Å². The number of aliphatic hydroxyl groups excluding tert-OH is 1. The SMILES string of the molecule is CC(CO)N(C)C(CN)c1ccc(Cl)s1. The quantitative estimate of drug-likeness (QED) is 0.834. The number of aliphatic hydroxyl groups is 1. The molecule has 1 aromatic rings. The Kier molecular flexibility index (Phi) is 5.02. The lowest BCUT2D eigenvalue weighted by Gasteiger charge is -2.30. The molecule has 0 saturated carbocycles. The smallest absolute Gasteiger partial charge is 0.0931 e. The van der Waals surface area contributed by atoms with Crippen LogP contribution in [0, 0.1) is 0 Å².